The maximum Gasteiger partial charge on any atom is 0.343 e. The lowest BCUT2D eigenvalue weighted by Crippen LogP contribution is -2.21. The molecule has 0 N–H and O–H groups in total. The number of thiazole rings is 1. The SMILES string of the molecule is CCN(CC)c1ccc2c(C(C)C)c(/C=C/c3nccs3)c(=O)oc2c1. The second-order valence-corrected chi connectivity index (χ2v) is 7.35. The molecule has 0 saturated carbocycles. The number of benzene rings is 1. The highest BCUT2D eigenvalue weighted by molar-refractivity contribution is 7.10. The van der Waals surface area contributed by atoms with Gasteiger partial charge in [0.05, 0.1) is 5.56 Å². The van der Waals surface area contributed by atoms with E-state index < -0.39 is 0 Å². The topological polar surface area (TPSA) is 46.3 Å². The molecule has 0 spiro atoms. The summed E-state index contributed by atoms with van der Waals surface area (Å²) in [5, 5.41) is 3.78. The van der Waals surface area contributed by atoms with Crippen molar-refractivity contribution in [1.29, 1.82) is 0 Å². The number of aromatic nitrogens is 1. The van der Waals surface area contributed by atoms with Crippen LogP contribution in [0.2, 0.25) is 0 Å². The van der Waals surface area contributed by atoms with Crippen molar-refractivity contribution in [2.24, 2.45) is 0 Å². The Balaban J connectivity index is 2.17. The van der Waals surface area contributed by atoms with Crippen molar-refractivity contribution in [3.8, 4) is 0 Å². The molecule has 0 bridgehead atoms. The molecule has 1 aromatic carbocycles. The molecule has 0 fully saturated rings. The lowest BCUT2D eigenvalue weighted by molar-refractivity contribution is 0.555. The number of nitrogens with zero attached hydrogens (tertiary/aromatic N) is 2. The molecule has 0 unspecified atom stereocenters. The Labute approximate surface area is 157 Å². The molecule has 2 aromatic heterocycles. The second-order valence-electron chi connectivity index (χ2n) is 6.43. The van der Waals surface area contributed by atoms with Gasteiger partial charge in [0.15, 0.2) is 0 Å². The number of hydrogen-bond acceptors (Lipinski definition) is 5. The highest BCUT2D eigenvalue weighted by Gasteiger charge is 2.16. The molecule has 136 valence electrons. The summed E-state index contributed by atoms with van der Waals surface area (Å²) in [6, 6.07) is 6.15. The minimum atomic E-state index is -0.300. The van der Waals surface area contributed by atoms with Gasteiger partial charge in [0.1, 0.15) is 10.6 Å². The van der Waals surface area contributed by atoms with Crippen molar-refractivity contribution < 1.29 is 4.42 Å². The molecule has 2 heterocycles. The summed E-state index contributed by atoms with van der Waals surface area (Å²) in [6.07, 6.45) is 5.46. The average Bonchev–Trinajstić information content (AvgIpc) is 3.13. The van der Waals surface area contributed by atoms with Crippen LogP contribution in [0.1, 0.15) is 49.7 Å². The van der Waals surface area contributed by atoms with Gasteiger partial charge in [-0.1, -0.05) is 13.8 Å². The van der Waals surface area contributed by atoms with Crippen LogP contribution in [0.25, 0.3) is 23.1 Å². The third-order valence-electron chi connectivity index (χ3n) is 4.52. The maximum absolute atomic E-state index is 12.7. The zero-order valence-electron chi connectivity index (χ0n) is 15.7. The van der Waals surface area contributed by atoms with Gasteiger partial charge in [-0.15, -0.1) is 11.3 Å². The first kappa shape index (κ1) is 18.4. The largest absolute Gasteiger partial charge is 0.422 e. The van der Waals surface area contributed by atoms with Gasteiger partial charge in [0, 0.05) is 41.8 Å². The van der Waals surface area contributed by atoms with Crippen molar-refractivity contribution in [3.63, 3.8) is 0 Å². The van der Waals surface area contributed by atoms with Gasteiger partial charge in [0.25, 0.3) is 0 Å². The van der Waals surface area contributed by atoms with E-state index in [-0.39, 0.29) is 11.5 Å². The smallest absolute Gasteiger partial charge is 0.343 e. The first-order valence-corrected chi connectivity index (χ1v) is 9.86. The van der Waals surface area contributed by atoms with E-state index in [1.54, 1.807) is 6.20 Å². The van der Waals surface area contributed by atoms with Gasteiger partial charge < -0.3 is 9.32 Å². The highest BCUT2D eigenvalue weighted by Crippen LogP contribution is 2.31. The van der Waals surface area contributed by atoms with E-state index in [0.29, 0.717) is 11.1 Å². The standard InChI is InChI=1S/C21H24N2O2S/c1-5-23(6-2)15-7-8-16-18(13-15)25-21(24)17(20(16)14(3)4)9-10-19-22-11-12-26-19/h7-14H,5-6H2,1-4H3/b10-9+. The normalized spacial score (nSPS) is 11.7. The molecular weight excluding hydrogens is 344 g/mol. The van der Waals surface area contributed by atoms with E-state index >= 15 is 0 Å². The zero-order valence-corrected chi connectivity index (χ0v) is 16.5. The third-order valence-corrected chi connectivity index (χ3v) is 5.26. The number of rotatable bonds is 6. The van der Waals surface area contributed by atoms with Crippen molar-refractivity contribution in [2.45, 2.75) is 33.6 Å². The fourth-order valence-electron chi connectivity index (χ4n) is 3.26. The molecule has 4 nitrogen and oxygen atoms in total. The second kappa shape index (κ2) is 7.87. The van der Waals surface area contributed by atoms with Gasteiger partial charge in [0.2, 0.25) is 0 Å². The van der Waals surface area contributed by atoms with Gasteiger partial charge >= 0.3 is 5.63 Å². The van der Waals surface area contributed by atoms with E-state index in [0.717, 1.165) is 34.7 Å². The minimum Gasteiger partial charge on any atom is -0.422 e. The Hall–Kier alpha value is -2.40. The predicted molar refractivity (Wildman–Crippen MR) is 111 cm³/mol. The summed E-state index contributed by atoms with van der Waals surface area (Å²) in [4.78, 5) is 19.2. The molecule has 3 aromatic rings. The molecule has 0 aliphatic heterocycles. The van der Waals surface area contributed by atoms with Gasteiger partial charge in [-0.05, 0) is 49.6 Å². The summed E-state index contributed by atoms with van der Waals surface area (Å²) in [5.41, 5.74) is 3.06. The van der Waals surface area contributed by atoms with Crippen LogP contribution < -0.4 is 10.5 Å². The first-order chi connectivity index (χ1) is 12.5. The highest BCUT2D eigenvalue weighted by atomic mass is 32.1. The summed E-state index contributed by atoms with van der Waals surface area (Å²) < 4.78 is 5.68. The van der Waals surface area contributed by atoms with Crippen molar-refractivity contribution in [1.82, 2.24) is 4.98 Å². The molecule has 0 aliphatic carbocycles. The van der Waals surface area contributed by atoms with Crippen LogP contribution in [0.5, 0.6) is 0 Å². The van der Waals surface area contributed by atoms with E-state index in [2.05, 4.69) is 49.7 Å². The van der Waals surface area contributed by atoms with Gasteiger partial charge in [-0.25, -0.2) is 9.78 Å². The Morgan fingerprint density at radius 1 is 1.23 bits per heavy atom. The summed E-state index contributed by atoms with van der Waals surface area (Å²) in [7, 11) is 0. The molecule has 0 aliphatic rings. The van der Waals surface area contributed by atoms with Crippen molar-refractivity contribution >= 4 is 40.1 Å². The first-order valence-electron chi connectivity index (χ1n) is 8.98. The van der Waals surface area contributed by atoms with Gasteiger partial charge in [-0.3, -0.25) is 0 Å². The van der Waals surface area contributed by atoms with Crippen LogP contribution in [0.15, 0.2) is 39.0 Å². The van der Waals surface area contributed by atoms with E-state index in [1.165, 1.54) is 11.3 Å². The van der Waals surface area contributed by atoms with E-state index in [9.17, 15) is 4.79 Å². The fourth-order valence-corrected chi connectivity index (χ4v) is 3.79. The van der Waals surface area contributed by atoms with Crippen molar-refractivity contribution in [3.05, 3.63) is 56.3 Å². The zero-order chi connectivity index (χ0) is 18.7. The van der Waals surface area contributed by atoms with Crippen LogP contribution in [0.3, 0.4) is 0 Å². The number of hydrogen-bond donors (Lipinski definition) is 0. The van der Waals surface area contributed by atoms with Crippen LogP contribution in [-0.4, -0.2) is 18.1 Å². The third kappa shape index (κ3) is 3.58. The molecule has 0 radical (unpaired) electrons. The summed E-state index contributed by atoms with van der Waals surface area (Å²) in [6.45, 7) is 10.3. The Morgan fingerprint density at radius 3 is 2.62 bits per heavy atom. The Kier molecular flexibility index (Phi) is 5.57. The average molecular weight is 369 g/mol. The molecule has 0 amide bonds. The van der Waals surface area contributed by atoms with E-state index in [4.69, 9.17) is 4.42 Å². The summed E-state index contributed by atoms with van der Waals surface area (Å²) >= 11 is 1.54. The minimum absolute atomic E-state index is 0.205. The Morgan fingerprint density at radius 2 is 2.00 bits per heavy atom. The van der Waals surface area contributed by atoms with Gasteiger partial charge in [-0.2, -0.15) is 0 Å². The van der Waals surface area contributed by atoms with Crippen LogP contribution >= 0.6 is 11.3 Å². The number of fused-ring (bicyclic) bond motifs is 1. The number of anilines is 1. The lowest BCUT2D eigenvalue weighted by atomic mass is 9.94. The molecule has 0 atom stereocenters. The molecule has 26 heavy (non-hydrogen) atoms. The monoisotopic (exact) mass is 368 g/mol. The van der Waals surface area contributed by atoms with Crippen molar-refractivity contribution in [2.75, 3.05) is 18.0 Å². The van der Waals surface area contributed by atoms with Crippen LogP contribution in [-0.2, 0) is 0 Å². The molecule has 3 rings (SSSR count). The molecule has 0 saturated heterocycles. The lowest BCUT2D eigenvalue weighted by Gasteiger charge is -2.21. The summed E-state index contributed by atoms with van der Waals surface area (Å²) in [5.74, 6) is 0.205. The fraction of sp³-hybridized carbons (Fsp3) is 0.333. The van der Waals surface area contributed by atoms with Crippen LogP contribution in [0.4, 0.5) is 5.69 Å². The predicted octanol–water partition coefficient (Wildman–Crippen LogP) is 5.39. The Bertz CT molecular complexity index is 968. The molecule has 5 heteroatoms. The van der Waals surface area contributed by atoms with Crippen LogP contribution in [0, 0.1) is 0 Å². The quantitative estimate of drug-likeness (QED) is 0.547. The van der Waals surface area contributed by atoms with E-state index in [1.807, 2.05) is 23.6 Å². The maximum atomic E-state index is 12.7. The molecular formula is C21H24N2O2S.